The molecule has 1 aromatic carbocycles. The minimum atomic E-state index is -4.31. The highest BCUT2D eigenvalue weighted by Gasteiger charge is 2.32. The zero-order chi connectivity index (χ0) is 26.2. The molecule has 1 aliphatic heterocycles. The third-order valence-electron chi connectivity index (χ3n) is 5.54. The molecule has 0 bridgehead atoms. The number of nitrogens with zero attached hydrogens (tertiary/aromatic N) is 4. The minimum Gasteiger partial charge on any atom is -0.748 e. The molecule has 1 N–H and O–H groups in total. The van der Waals surface area contributed by atoms with E-state index in [1.807, 2.05) is 28.2 Å². The minimum absolute atomic E-state index is 0.205. The van der Waals surface area contributed by atoms with Crippen molar-refractivity contribution in [2.24, 2.45) is 0 Å². The van der Waals surface area contributed by atoms with Crippen molar-refractivity contribution in [3.63, 3.8) is 0 Å². The van der Waals surface area contributed by atoms with Gasteiger partial charge < -0.3 is 14.6 Å². The van der Waals surface area contributed by atoms with Crippen LogP contribution in [0.3, 0.4) is 0 Å². The van der Waals surface area contributed by atoms with Gasteiger partial charge in [0, 0.05) is 16.7 Å². The summed E-state index contributed by atoms with van der Waals surface area (Å²) >= 11 is 15.1. The summed E-state index contributed by atoms with van der Waals surface area (Å²) in [5.74, 6) is -0.692. The molecule has 0 fully saturated rings. The van der Waals surface area contributed by atoms with Crippen LogP contribution in [0, 0.1) is 6.57 Å². The fraction of sp³-hybridized carbons (Fsp3) is 0.318. The third-order valence-corrected chi connectivity index (χ3v) is 9.19. The van der Waals surface area contributed by atoms with Gasteiger partial charge in [-0.2, -0.15) is 0 Å². The number of aliphatic carboxylic acids is 1. The fourth-order valence-corrected chi connectivity index (χ4v) is 7.08. The molecule has 190 valence electrons. The first kappa shape index (κ1) is 26.8. The normalized spacial score (nSPS) is 14.5. The van der Waals surface area contributed by atoms with Gasteiger partial charge in [0.2, 0.25) is 9.83 Å². The Bertz CT molecular complexity index is 1540. The number of imidazole rings is 1. The van der Waals surface area contributed by atoms with E-state index in [4.69, 9.17) is 29.8 Å². The van der Waals surface area contributed by atoms with Crippen LogP contribution in [0.25, 0.3) is 21.3 Å². The zero-order valence-corrected chi connectivity index (χ0v) is 22.9. The summed E-state index contributed by atoms with van der Waals surface area (Å²) in [6.07, 6.45) is 2.53. The van der Waals surface area contributed by atoms with Crippen LogP contribution >= 0.6 is 46.3 Å². The first-order valence-corrected chi connectivity index (χ1v) is 14.7. The Kier molecular flexibility index (Phi) is 7.89. The molecule has 4 rings (SSSR count). The lowest BCUT2D eigenvalue weighted by Crippen LogP contribution is -2.37. The van der Waals surface area contributed by atoms with Gasteiger partial charge in [0.15, 0.2) is 5.52 Å². The highest BCUT2D eigenvalue weighted by atomic mass is 35.5. The van der Waals surface area contributed by atoms with Crippen LogP contribution in [0.4, 0.5) is 10.7 Å². The van der Waals surface area contributed by atoms with Gasteiger partial charge in [-0.1, -0.05) is 35.0 Å². The van der Waals surface area contributed by atoms with Crippen LogP contribution in [0.5, 0.6) is 0 Å². The van der Waals surface area contributed by atoms with Gasteiger partial charge in [0.25, 0.3) is 5.82 Å². The molecule has 9 nitrogen and oxygen atoms in total. The Labute approximate surface area is 226 Å². The van der Waals surface area contributed by atoms with Crippen molar-refractivity contribution in [2.75, 3.05) is 17.2 Å². The van der Waals surface area contributed by atoms with E-state index in [2.05, 4.69) is 4.85 Å². The molecule has 36 heavy (non-hydrogen) atoms. The van der Waals surface area contributed by atoms with Gasteiger partial charge in [0.1, 0.15) is 6.54 Å². The van der Waals surface area contributed by atoms with Crippen LogP contribution in [0.15, 0.2) is 28.1 Å². The molecule has 3 heterocycles. The quantitative estimate of drug-likeness (QED) is 0.159. The number of fused-ring (bicyclic) bond motifs is 2. The lowest BCUT2D eigenvalue weighted by Gasteiger charge is -2.18. The fourth-order valence-electron chi connectivity index (χ4n) is 4.04. The van der Waals surface area contributed by atoms with Gasteiger partial charge in [-0.3, -0.25) is 4.79 Å². The molecule has 0 unspecified atom stereocenters. The molecular formula is C22H20Cl2N4O5S3. The van der Waals surface area contributed by atoms with E-state index in [-0.39, 0.29) is 13.0 Å². The Morgan fingerprint density at radius 2 is 2.00 bits per heavy atom. The summed E-state index contributed by atoms with van der Waals surface area (Å²) in [7, 11) is -4.31. The number of carboxylic acid groups (broad SMARTS) is 1. The third kappa shape index (κ3) is 5.51. The molecule has 0 aliphatic carbocycles. The average Bonchev–Trinajstić information content (AvgIpc) is 3.42. The Balaban J connectivity index is 1.82. The standard InChI is InChI=1S/C22H20Cl2N4O5S3/c1-3-26-16-10-18(25-2)35-22(16)27(6-4-5-7-36(31,32)33)19(26)11-20-28(12-21(29)30)15-8-13(23)14(24)9-17(15)34-20/h8-11H,3-7,12H2,1H3,(H-,29,30,31,32,33). The number of halogens is 2. The SMILES string of the molecule is [C-]#[N+]c1cc2c(s1)[n+](CCCCS(=O)(=O)[O-])c(C=C1Sc3cc(Cl)c(Cl)cc3N1CC(=O)O)n2CC. The van der Waals surface area contributed by atoms with E-state index in [0.29, 0.717) is 45.3 Å². The molecular weight excluding hydrogens is 567 g/mol. The summed E-state index contributed by atoms with van der Waals surface area (Å²) in [6, 6.07) is 5.16. The maximum atomic E-state index is 11.7. The van der Waals surface area contributed by atoms with Gasteiger partial charge in [-0.15, -0.1) is 11.3 Å². The molecule has 0 atom stereocenters. The smallest absolute Gasteiger partial charge is 0.323 e. The highest BCUT2D eigenvalue weighted by molar-refractivity contribution is 8.03. The summed E-state index contributed by atoms with van der Waals surface area (Å²) < 4.78 is 37.1. The molecule has 3 aromatic rings. The predicted molar refractivity (Wildman–Crippen MR) is 141 cm³/mol. The summed E-state index contributed by atoms with van der Waals surface area (Å²) in [5.41, 5.74) is 1.50. The van der Waals surface area contributed by atoms with E-state index in [0.717, 1.165) is 21.1 Å². The van der Waals surface area contributed by atoms with Gasteiger partial charge in [-0.05, 0) is 31.9 Å². The highest BCUT2D eigenvalue weighted by Crippen LogP contribution is 2.49. The second kappa shape index (κ2) is 10.6. The van der Waals surface area contributed by atoms with Crippen molar-refractivity contribution in [2.45, 2.75) is 37.8 Å². The van der Waals surface area contributed by atoms with Gasteiger partial charge in [0.05, 0.1) is 56.6 Å². The molecule has 0 radical (unpaired) electrons. The number of aromatic nitrogens is 2. The van der Waals surface area contributed by atoms with Crippen LogP contribution in [-0.2, 0) is 28.0 Å². The van der Waals surface area contributed by atoms with Gasteiger partial charge in [-0.25, -0.2) is 22.4 Å². The monoisotopic (exact) mass is 586 g/mol. The molecule has 0 spiro atoms. The predicted octanol–water partition coefficient (Wildman–Crippen LogP) is 5.19. The number of benzene rings is 1. The second-order valence-corrected chi connectivity index (χ2v) is 12.3. The summed E-state index contributed by atoms with van der Waals surface area (Å²) in [4.78, 5) is 18.5. The van der Waals surface area contributed by atoms with Crippen LogP contribution < -0.4 is 9.47 Å². The molecule has 0 amide bonds. The largest absolute Gasteiger partial charge is 0.748 e. The summed E-state index contributed by atoms with van der Waals surface area (Å²) in [6.45, 7) is 10.1. The van der Waals surface area contributed by atoms with E-state index in [1.54, 1.807) is 17.0 Å². The first-order chi connectivity index (χ1) is 17.0. The Morgan fingerprint density at radius 1 is 1.28 bits per heavy atom. The average molecular weight is 588 g/mol. The number of rotatable bonds is 9. The van der Waals surface area contributed by atoms with Crippen molar-refractivity contribution >= 4 is 89.5 Å². The molecule has 1 aliphatic rings. The molecule has 14 heteroatoms. The van der Waals surface area contributed by atoms with Gasteiger partial charge >= 0.3 is 5.97 Å². The van der Waals surface area contributed by atoms with Crippen molar-refractivity contribution < 1.29 is 27.4 Å². The van der Waals surface area contributed by atoms with Crippen molar-refractivity contribution in [3.8, 4) is 0 Å². The van der Waals surface area contributed by atoms with E-state index < -0.39 is 21.8 Å². The number of anilines is 1. The molecule has 2 aromatic heterocycles. The van der Waals surface area contributed by atoms with Crippen molar-refractivity contribution in [1.29, 1.82) is 0 Å². The second-order valence-electron chi connectivity index (χ2n) is 7.91. The van der Waals surface area contributed by atoms with Crippen LogP contribution in [-0.4, -0.2) is 40.9 Å². The molecule has 0 saturated carbocycles. The van der Waals surface area contributed by atoms with Crippen molar-refractivity contribution in [3.05, 3.63) is 50.5 Å². The number of unbranched alkanes of at least 4 members (excludes halogenated alkanes) is 1. The zero-order valence-electron chi connectivity index (χ0n) is 18.9. The van der Waals surface area contributed by atoms with Crippen molar-refractivity contribution in [1.82, 2.24) is 4.57 Å². The number of hydrogen-bond donors (Lipinski definition) is 1. The number of thiophene rings is 1. The Hall–Kier alpha value is -2.27. The first-order valence-electron chi connectivity index (χ1n) is 10.8. The summed E-state index contributed by atoms with van der Waals surface area (Å²) in [5, 5.41) is 11.4. The number of thioether (sulfide) groups is 1. The number of carboxylic acids is 1. The topological polar surface area (TPSA) is 111 Å². The van der Waals surface area contributed by atoms with Crippen LogP contribution in [0.2, 0.25) is 10.0 Å². The van der Waals surface area contributed by atoms with E-state index in [1.165, 1.54) is 23.1 Å². The number of hydrogen-bond acceptors (Lipinski definition) is 7. The van der Waals surface area contributed by atoms with E-state index in [9.17, 15) is 22.9 Å². The number of aryl methyl sites for hydroxylation is 2. The maximum absolute atomic E-state index is 11.7. The lowest BCUT2D eigenvalue weighted by atomic mass is 10.3. The maximum Gasteiger partial charge on any atom is 0.323 e. The van der Waals surface area contributed by atoms with E-state index >= 15 is 0 Å². The Morgan fingerprint density at radius 3 is 2.64 bits per heavy atom. The lowest BCUT2D eigenvalue weighted by molar-refractivity contribution is -0.672. The molecule has 0 saturated heterocycles. The van der Waals surface area contributed by atoms with Crippen LogP contribution in [0.1, 0.15) is 25.6 Å². The number of carbonyl (C=O) groups is 1.